The summed E-state index contributed by atoms with van der Waals surface area (Å²) in [6.45, 7) is 0.688. The van der Waals surface area contributed by atoms with Crippen LogP contribution < -0.4 is 0 Å². The SMILES string of the molecule is N#Cc1ccc([C@H]2CC[C@H](OCCC[Si](Cl)(Cl)Cl)CC2)cc1. The molecule has 1 aromatic carbocycles. The lowest BCUT2D eigenvalue weighted by atomic mass is 9.82. The number of benzene rings is 1. The minimum atomic E-state index is -2.49. The highest BCUT2D eigenvalue weighted by molar-refractivity contribution is 7.64. The summed E-state index contributed by atoms with van der Waals surface area (Å²) < 4.78 is 5.90. The van der Waals surface area contributed by atoms with E-state index in [1.807, 2.05) is 12.1 Å². The molecule has 1 fully saturated rings. The van der Waals surface area contributed by atoms with Crippen molar-refractivity contribution in [3.05, 3.63) is 35.4 Å². The molecule has 0 unspecified atom stereocenters. The molecule has 6 heteroatoms. The van der Waals surface area contributed by atoms with E-state index in [1.54, 1.807) is 0 Å². The lowest BCUT2D eigenvalue weighted by molar-refractivity contribution is 0.0251. The number of nitriles is 1. The summed E-state index contributed by atoms with van der Waals surface area (Å²) >= 11 is 17.6. The molecule has 1 aliphatic rings. The largest absolute Gasteiger partial charge is 0.378 e. The first-order valence-electron chi connectivity index (χ1n) is 7.66. The summed E-state index contributed by atoms with van der Waals surface area (Å²) in [5, 5.41) is 8.84. The van der Waals surface area contributed by atoms with Crippen molar-refractivity contribution < 1.29 is 4.74 Å². The molecule has 0 heterocycles. The van der Waals surface area contributed by atoms with Gasteiger partial charge in [0.25, 0.3) is 0 Å². The molecule has 0 spiro atoms. The third kappa shape index (κ3) is 6.10. The molecule has 2 rings (SSSR count). The fourth-order valence-electron chi connectivity index (χ4n) is 2.92. The normalized spacial score (nSPS) is 22.3. The summed E-state index contributed by atoms with van der Waals surface area (Å²) in [5.74, 6) is 0.584. The van der Waals surface area contributed by atoms with Gasteiger partial charge in [-0.2, -0.15) is 5.26 Å². The van der Waals surface area contributed by atoms with Crippen LogP contribution in [0.5, 0.6) is 0 Å². The van der Waals surface area contributed by atoms with Crippen LogP contribution in [0.1, 0.15) is 49.1 Å². The van der Waals surface area contributed by atoms with Crippen LogP contribution in [-0.4, -0.2) is 18.7 Å². The highest BCUT2D eigenvalue weighted by Crippen LogP contribution is 2.34. The molecule has 0 saturated heterocycles. The Balaban J connectivity index is 1.70. The van der Waals surface area contributed by atoms with Crippen LogP contribution in [0.4, 0.5) is 0 Å². The van der Waals surface area contributed by atoms with Gasteiger partial charge in [0.1, 0.15) is 0 Å². The third-order valence-corrected chi connectivity index (χ3v) is 6.76. The second-order valence-corrected chi connectivity index (χ2v) is 15.1. The van der Waals surface area contributed by atoms with Crippen molar-refractivity contribution >= 4 is 39.2 Å². The van der Waals surface area contributed by atoms with Gasteiger partial charge in [0, 0.05) is 6.61 Å². The second kappa shape index (κ2) is 8.56. The van der Waals surface area contributed by atoms with Crippen LogP contribution in [0.3, 0.4) is 0 Å². The first-order valence-corrected chi connectivity index (χ1v) is 12.9. The lowest BCUT2D eigenvalue weighted by Crippen LogP contribution is -2.22. The van der Waals surface area contributed by atoms with E-state index in [4.69, 9.17) is 43.2 Å². The van der Waals surface area contributed by atoms with Gasteiger partial charge < -0.3 is 4.74 Å². The molecule has 1 aromatic rings. The van der Waals surface area contributed by atoms with Crippen molar-refractivity contribution in [2.45, 2.75) is 50.2 Å². The molecule has 120 valence electrons. The van der Waals surface area contributed by atoms with Gasteiger partial charge in [-0.05, 0) is 61.8 Å². The van der Waals surface area contributed by atoms with E-state index in [0.717, 1.165) is 37.7 Å². The van der Waals surface area contributed by atoms with Crippen molar-refractivity contribution in [1.29, 1.82) is 5.26 Å². The number of hydrogen-bond acceptors (Lipinski definition) is 2. The molecular weight excluding hydrogens is 357 g/mol. The molecule has 0 aliphatic heterocycles. The molecule has 0 atom stereocenters. The van der Waals surface area contributed by atoms with E-state index in [9.17, 15) is 0 Å². The van der Waals surface area contributed by atoms with Crippen molar-refractivity contribution in [2.24, 2.45) is 0 Å². The van der Waals surface area contributed by atoms with Crippen molar-refractivity contribution in [1.82, 2.24) is 0 Å². The molecule has 0 radical (unpaired) electrons. The van der Waals surface area contributed by atoms with Crippen LogP contribution in [-0.2, 0) is 4.74 Å². The average molecular weight is 377 g/mol. The Morgan fingerprint density at radius 2 is 1.73 bits per heavy atom. The Kier molecular flexibility index (Phi) is 7.05. The predicted octanol–water partition coefficient (Wildman–Crippen LogP) is 5.65. The zero-order chi connectivity index (χ0) is 16.0. The number of nitrogens with zero attached hydrogens (tertiary/aromatic N) is 1. The van der Waals surface area contributed by atoms with Gasteiger partial charge in [-0.1, -0.05) is 12.1 Å². The quantitative estimate of drug-likeness (QED) is 0.365. The Labute approximate surface area is 147 Å². The second-order valence-electron chi connectivity index (χ2n) is 5.80. The minimum Gasteiger partial charge on any atom is -0.378 e. The van der Waals surface area contributed by atoms with Gasteiger partial charge in [0.15, 0.2) is 0 Å². The molecule has 0 amide bonds. The number of ether oxygens (including phenoxy) is 1. The van der Waals surface area contributed by atoms with E-state index in [0.29, 0.717) is 24.7 Å². The maximum Gasteiger partial charge on any atom is 0.341 e. The summed E-state index contributed by atoms with van der Waals surface area (Å²) in [7, 11) is 0. The zero-order valence-electron chi connectivity index (χ0n) is 12.4. The topological polar surface area (TPSA) is 33.0 Å². The Morgan fingerprint density at radius 3 is 2.27 bits per heavy atom. The van der Waals surface area contributed by atoms with Gasteiger partial charge in [-0.25, -0.2) is 0 Å². The van der Waals surface area contributed by atoms with Crippen LogP contribution >= 0.6 is 33.2 Å². The van der Waals surface area contributed by atoms with E-state index in [2.05, 4.69) is 18.2 Å². The number of rotatable bonds is 6. The number of halogens is 3. The van der Waals surface area contributed by atoms with Crippen LogP contribution in [0.25, 0.3) is 0 Å². The summed E-state index contributed by atoms with van der Waals surface area (Å²) in [5.41, 5.74) is 2.05. The highest BCUT2D eigenvalue weighted by atomic mass is 35.8. The summed E-state index contributed by atoms with van der Waals surface area (Å²) in [6, 6.07) is 8.29. The molecule has 0 N–H and O–H groups in total. The van der Waals surface area contributed by atoms with Gasteiger partial charge in [-0.3, -0.25) is 0 Å². The molecular formula is C16H20Cl3NOSi. The fourth-order valence-corrected chi connectivity index (χ4v) is 4.66. The maximum absolute atomic E-state index is 8.84. The minimum absolute atomic E-state index is 0.340. The van der Waals surface area contributed by atoms with E-state index >= 15 is 0 Å². The van der Waals surface area contributed by atoms with Crippen molar-refractivity contribution in [3.8, 4) is 6.07 Å². The Bertz CT molecular complexity index is 502. The maximum atomic E-state index is 8.84. The van der Waals surface area contributed by atoms with Crippen LogP contribution in [0.2, 0.25) is 6.04 Å². The van der Waals surface area contributed by atoms with Crippen molar-refractivity contribution in [3.63, 3.8) is 0 Å². The van der Waals surface area contributed by atoms with Crippen molar-refractivity contribution in [2.75, 3.05) is 6.61 Å². The van der Waals surface area contributed by atoms with Gasteiger partial charge in [0.2, 0.25) is 0 Å². The van der Waals surface area contributed by atoms with E-state index in [1.165, 1.54) is 5.56 Å². The molecule has 0 aromatic heterocycles. The molecule has 0 bridgehead atoms. The van der Waals surface area contributed by atoms with E-state index < -0.39 is 6.00 Å². The van der Waals surface area contributed by atoms with Gasteiger partial charge >= 0.3 is 6.00 Å². The first kappa shape index (κ1) is 18.1. The monoisotopic (exact) mass is 375 g/mol. The number of hydrogen-bond donors (Lipinski definition) is 0. The molecule has 2 nitrogen and oxygen atoms in total. The average Bonchev–Trinajstić information content (AvgIpc) is 2.51. The molecule has 22 heavy (non-hydrogen) atoms. The van der Waals surface area contributed by atoms with Gasteiger partial charge in [-0.15, -0.1) is 33.2 Å². The zero-order valence-corrected chi connectivity index (χ0v) is 15.7. The lowest BCUT2D eigenvalue weighted by Gasteiger charge is -2.29. The first-order chi connectivity index (χ1) is 10.5. The molecule has 1 saturated carbocycles. The predicted molar refractivity (Wildman–Crippen MR) is 94.8 cm³/mol. The summed E-state index contributed by atoms with van der Waals surface area (Å²) in [4.78, 5) is 0. The standard InChI is InChI=1S/C16H20Cl3NOSi/c17-22(18,19)11-1-10-21-16-8-6-15(7-9-16)14-4-2-13(12-20)3-5-14/h2-5,15-16H,1,6-11H2/t15-,16-. The smallest absolute Gasteiger partial charge is 0.341 e. The third-order valence-electron chi connectivity index (χ3n) is 4.14. The summed E-state index contributed by atoms with van der Waals surface area (Å²) in [6.07, 6.45) is 5.60. The Morgan fingerprint density at radius 1 is 1.09 bits per heavy atom. The van der Waals surface area contributed by atoms with E-state index in [-0.39, 0.29) is 0 Å². The Hall–Kier alpha value is -0.243. The molecule has 1 aliphatic carbocycles. The van der Waals surface area contributed by atoms with Gasteiger partial charge in [0.05, 0.1) is 17.7 Å². The highest BCUT2D eigenvalue weighted by Gasteiger charge is 2.25. The van der Waals surface area contributed by atoms with Crippen LogP contribution in [0, 0.1) is 11.3 Å². The van der Waals surface area contributed by atoms with Crippen LogP contribution in [0.15, 0.2) is 24.3 Å². The fraction of sp³-hybridized carbons (Fsp3) is 0.562.